The van der Waals surface area contributed by atoms with Crippen molar-refractivity contribution in [2.75, 3.05) is 27.4 Å². The van der Waals surface area contributed by atoms with Crippen molar-refractivity contribution in [3.05, 3.63) is 64.4 Å². The molecule has 0 fully saturated rings. The third-order valence-electron chi connectivity index (χ3n) is 4.81. The first kappa shape index (κ1) is 23.6. The Hall–Kier alpha value is -4.08. The monoisotopic (exact) mass is 456 g/mol. The van der Waals surface area contributed by atoms with Gasteiger partial charge in [-0.1, -0.05) is 17.3 Å². The molecule has 0 saturated heterocycles. The molecule has 0 amide bonds. The van der Waals surface area contributed by atoms with Crippen LogP contribution in [-0.2, 0) is 20.8 Å². The van der Waals surface area contributed by atoms with Crippen molar-refractivity contribution in [3.8, 4) is 33.9 Å². The lowest BCUT2D eigenvalue weighted by Crippen LogP contribution is -2.10. The van der Waals surface area contributed by atoms with Crippen molar-refractivity contribution in [2.45, 2.75) is 19.3 Å². The topological polar surface area (TPSA) is 123 Å². The van der Waals surface area contributed by atoms with Gasteiger partial charge in [0.15, 0.2) is 5.76 Å². The van der Waals surface area contributed by atoms with Crippen molar-refractivity contribution >= 4 is 5.97 Å². The molecular weight excluding hydrogens is 432 g/mol. The highest BCUT2D eigenvalue weighted by molar-refractivity contribution is 5.85. The standard InChI is InChI=1S/C23H24N2O8/c1-29-18-9-5-16(6-10-18)22-20(15-21(26)31-13-3-4-14-32-25(27)28)33-24-23(22)17-7-11-19(30-2)12-8-17/h5-12H,3-4,13-15H2,1-2H3. The Labute approximate surface area is 190 Å². The Kier molecular flexibility index (Phi) is 8.23. The fraction of sp³-hybridized carbons (Fsp3) is 0.304. The van der Waals surface area contributed by atoms with Crippen LogP contribution < -0.4 is 9.47 Å². The molecule has 1 aromatic heterocycles. The minimum Gasteiger partial charge on any atom is -0.497 e. The first-order valence-corrected chi connectivity index (χ1v) is 10.2. The summed E-state index contributed by atoms with van der Waals surface area (Å²) < 4.78 is 21.2. The van der Waals surface area contributed by atoms with E-state index in [0.29, 0.717) is 41.4 Å². The molecule has 0 saturated carbocycles. The number of benzene rings is 2. The van der Waals surface area contributed by atoms with Gasteiger partial charge in [-0.2, -0.15) is 0 Å². The van der Waals surface area contributed by atoms with Gasteiger partial charge in [-0.15, -0.1) is 10.1 Å². The number of esters is 1. The maximum atomic E-state index is 12.4. The minimum atomic E-state index is -0.850. The number of carbonyl (C=O) groups excluding carboxylic acids is 1. The summed E-state index contributed by atoms with van der Waals surface area (Å²) >= 11 is 0. The zero-order valence-corrected chi connectivity index (χ0v) is 18.3. The van der Waals surface area contributed by atoms with Gasteiger partial charge in [0, 0.05) is 5.56 Å². The van der Waals surface area contributed by atoms with E-state index in [-0.39, 0.29) is 19.6 Å². The van der Waals surface area contributed by atoms with Crippen molar-refractivity contribution < 1.29 is 33.5 Å². The Morgan fingerprint density at radius 3 is 2.09 bits per heavy atom. The molecule has 2 aromatic carbocycles. The summed E-state index contributed by atoms with van der Waals surface area (Å²) in [6.45, 7) is 0.0801. The van der Waals surface area contributed by atoms with Crippen LogP contribution in [0.2, 0.25) is 0 Å². The molecule has 10 nitrogen and oxygen atoms in total. The van der Waals surface area contributed by atoms with Crippen molar-refractivity contribution in [2.24, 2.45) is 0 Å². The highest BCUT2D eigenvalue weighted by Crippen LogP contribution is 2.36. The summed E-state index contributed by atoms with van der Waals surface area (Å²) in [5.41, 5.74) is 2.88. The molecule has 33 heavy (non-hydrogen) atoms. The van der Waals surface area contributed by atoms with E-state index in [4.69, 9.17) is 18.7 Å². The molecule has 3 rings (SSSR count). The van der Waals surface area contributed by atoms with Gasteiger partial charge in [0.2, 0.25) is 0 Å². The fourth-order valence-electron chi connectivity index (χ4n) is 3.16. The molecular formula is C23H24N2O8. The van der Waals surface area contributed by atoms with Gasteiger partial charge in [-0.3, -0.25) is 4.79 Å². The predicted molar refractivity (Wildman–Crippen MR) is 117 cm³/mol. The van der Waals surface area contributed by atoms with E-state index in [0.717, 1.165) is 11.1 Å². The van der Waals surface area contributed by atoms with E-state index >= 15 is 0 Å². The van der Waals surface area contributed by atoms with Crippen LogP contribution in [0.3, 0.4) is 0 Å². The molecule has 0 aliphatic heterocycles. The number of hydrogen-bond acceptors (Lipinski definition) is 9. The van der Waals surface area contributed by atoms with Gasteiger partial charge in [0.05, 0.1) is 33.0 Å². The molecule has 3 aromatic rings. The molecule has 0 bridgehead atoms. The maximum Gasteiger partial charge on any atom is 0.313 e. The molecule has 0 spiro atoms. The molecule has 1 heterocycles. The summed E-state index contributed by atoms with van der Waals surface area (Å²) in [4.78, 5) is 26.7. The molecule has 0 atom stereocenters. The smallest absolute Gasteiger partial charge is 0.313 e. The van der Waals surface area contributed by atoms with Gasteiger partial charge < -0.3 is 23.6 Å². The summed E-state index contributed by atoms with van der Waals surface area (Å²) in [6.07, 6.45) is 0.726. The van der Waals surface area contributed by atoms with Crippen molar-refractivity contribution in [1.29, 1.82) is 0 Å². The largest absolute Gasteiger partial charge is 0.497 e. The molecule has 0 N–H and O–H groups in total. The average molecular weight is 456 g/mol. The highest BCUT2D eigenvalue weighted by Gasteiger charge is 2.22. The third-order valence-corrected chi connectivity index (χ3v) is 4.81. The van der Waals surface area contributed by atoms with Gasteiger partial charge in [-0.25, -0.2) is 0 Å². The van der Waals surface area contributed by atoms with Crippen LogP contribution in [0.1, 0.15) is 18.6 Å². The Morgan fingerprint density at radius 1 is 0.939 bits per heavy atom. The lowest BCUT2D eigenvalue weighted by molar-refractivity contribution is -0.757. The molecule has 0 unspecified atom stereocenters. The van der Waals surface area contributed by atoms with E-state index in [9.17, 15) is 14.9 Å². The summed E-state index contributed by atoms with van der Waals surface area (Å²) in [5.74, 6) is 1.29. The first-order valence-electron chi connectivity index (χ1n) is 10.2. The first-order chi connectivity index (χ1) is 16.0. The second-order valence-electron chi connectivity index (χ2n) is 6.95. The third kappa shape index (κ3) is 6.45. The number of aromatic nitrogens is 1. The fourth-order valence-corrected chi connectivity index (χ4v) is 3.16. The second kappa shape index (κ2) is 11.5. The van der Waals surface area contributed by atoms with Gasteiger partial charge in [0.25, 0.3) is 5.09 Å². The zero-order valence-electron chi connectivity index (χ0n) is 18.3. The number of nitrogens with zero attached hydrogens (tertiary/aromatic N) is 2. The van der Waals surface area contributed by atoms with E-state index in [1.807, 2.05) is 48.5 Å². The van der Waals surface area contributed by atoms with Crippen LogP contribution in [0.4, 0.5) is 0 Å². The van der Waals surface area contributed by atoms with E-state index in [1.54, 1.807) is 14.2 Å². The number of rotatable bonds is 12. The Bertz CT molecular complexity index is 1060. The molecule has 0 radical (unpaired) electrons. The molecule has 0 aliphatic rings. The quantitative estimate of drug-likeness (QED) is 0.171. The zero-order chi connectivity index (χ0) is 23.6. The number of ether oxygens (including phenoxy) is 3. The minimum absolute atomic E-state index is 0.0422. The summed E-state index contributed by atoms with van der Waals surface area (Å²) in [6, 6.07) is 14.7. The van der Waals surface area contributed by atoms with Gasteiger partial charge in [0.1, 0.15) is 23.6 Å². The molecule has 174 valence electrons. The number of unbranched alkanes of at least 4 members (excludes halogenated alkanes) is 1. The van der Waals surface area contributed by atoms with E-state index in [2.05, 4.69) is 9.99 Å². The number of methoxy groups -OCH3 is 2. The van der Waals surface area contributed by atoms with Crippen LogP contribution in [0, 0.1) is 10.1 Å². The number of carbonyl (C=O) groups is 1. The lowest BCUT2D eigenvalue weighted by Gasteiger charge is -2.08. The van der Waals surface area contributed by atoms with Gasteiger partial charge >= 0.3 is 5.97 Å². The van der Waals surface area contributed by atoms with Crippen molar-refractivity contribution in [1.82, 2.24) is 5.16 Å². The Balaban J connectivity index is 1.77. The summed E-state index contributed by atoms with van der Waals surface area (Å²) in [5, 5.41) is 13.5. The Morgan fingerprint density at radius 2 is 1.52 bits per heavy atom. The normalized spacial score (nSPS) is 10.5. The van der Waals surface area contributed by atoms with Crippen LogP contribution >= 0.6 is 0 Å². The van der Waals surface area contributed by atoms with Crippen LogP contribution in [0.15, 0.2) is 53.1 Å². The highest BCUT2D eigenvalue weighted by atomic mass is 16.9. The second-order valence-corrected chi connectivity index (χ2v) is 6.95. The van der Waals surface area contributed by atoms with E-state index in [1.165, 1.54) is 0 Å². The molecule has 10 heteroatoms. The molecule has 0 aliphatic carbocycles. The number of hydrogen-bond donors (Lipinski definition) is 0. The van der Waals surface area contributed by atoms with Crippen LogP contribution in [-0.4, -0.2) is 43.6 Å². The lowest BCUT2D eigenvalue weighted by atomic mass is 9.98. The average Bonchev–Trinajstić information content (AvgIpc) is 3.24. The van der Waals surface area contributed by atoms with Crippen LogP contribution in [0.25, 0.3) is 22.4 Å². The summed E-state index contributed by atoms with van der Waals surface area (Å²) in [7, 11) is 3.18. The van der Waals surface area contributed by atoms with Gasteiger partial charge in [-0.05, 0) is 54.8 Å². The van der Waals surface area contributed by atoms with E-state index < -0.39 is 11.1 Å². The predicted octanol–water partition coefficient (Wildman–Crippen LogP) is 4.10. The maximum absolute atomic E-state index is 12.4. The van der Waals surface area contributed by atoms with Crippen LogP contribution in [0.5, 0.6) is 11.5 Å². The SMILES string of the molecule is COc1ccc(-c2noc(CC(=O)OCCCCO[N+](=O)[O-])c2-c2ccc(OC)cc2)cc1. The van der Waals surface area contributed by atoms with Crippen molar-refractivity contribution in [3.63, 3.8) is 0 Å².